The van der Waals surface area contributed by atoms with E-state index in [1.807, 2.05) is 4.90 Å². The molecule has 1 aliphatic rings. The van der Waals surface area contributed by atoms with E-state index < -0.39 is 11.7 Å². The Labute approximate surface area is 119 Å². The number of aromatic nitrogens is 3. The number of anilines is 1. The number of hydrogen-bond donors (Lipinski definition) is 0. The molecule has 1 saturated heterocycles. The highest BCUT2D eigenvalue weighted by atomic mass is 19.4. The molecule has 0 unspecified atom stereocenters. The van der Waals surface area contributed by atoms with Crippen LogP contribution in [0.1, 0.15) is 30.1 Å². The number of hydrogen-bond acceptors (Lipinski definition) is 4. The van der Waals surface area contributed by atoms with Crippen molar-refractivity contribution in [3.05, 3.63) is 48.2 Å². The van der Waals surface area contributed by atoms with Crippen LogP contribution in [0.2, 0.25) is 0 Å². The molecule has 1 aliphatic heterocycles. The highest BCUT2D eigenvalue weighted by Crippen LogP contribution is 2.35. The Morgan fingerprint density at radius 2 is 1.95 bits per heavy atom. The minimum absolute atomic E-state index is 0.0166. The Balaban J connectivity index is 1.86. The fourth-order valence-corrected chi connectivity index (χ4v) is 2.55. The number of alkyl halides is 3. The second-order valence-corrected chi connectivity index (χ2v) is 4.88. The van der Waals surface area contributed by atoms with Crippen LogP contribution in [0.3, 0.4) is 0 Å². The van der Waals surface area contributed by atoms with Crippen molar-refractivity contribution in [1.29, 1.82) is 0 Å². The van der Waals surface area contributed by atoms with Crippen molar-refractivity contribution in [2.24, 2.45) is 0 Å². The summed E-state index contributed by atoms with van der Waals surface area (Å²) in [6.07, 6.45) is 3.26. The average molecular weight is 294 g/mol. The molecule has 0 aliphatic carbocycles. The van der Waals surface area contributed by atoms with E-state index in [1.165, 1.54) is 6.07 Å². The zero-order valence-corrected chi connectivity index (χ0v) is 11.1. The summed E-state index contributed by atoms with van der Waals surface area (Å²) in [6, 6.07) is 2.49. The van der Waals surface area contributed by atoms with Gasteiger partial charge in [-0.05, 0) is 25.0 Å². The molecule has 7 heteroatoms. The molecule has 110 valence electrons. The second-order valence-electron chi connectivity index (χ2n) is 4.88. The normalized spacial score (nSPS) is 19.0. The van der Waals surface area contributed by atoms with Gasteiger partial charge in [-0.15, -0.1) is 0 Å². The van der Waals surface area contributed by atoms with Gasteiger partial charge in [0.05, 0.1) is 23.5 Å². The summed E-state index contributed by atoms with van der Waals surface area (Å²) in [4.78, 5) is 14.3. The van der Waals surface area contributed by atoms with Crippen LogP contribution in [-0.4, -0.2) is 21.5 Å². The van der Waals surface area contributed by atoms with Crippen LogP contribution in [0.5, 0.6) is 0 Å². The van der Waals surface area contributed by atoms with Gasteiger partial charge in [-0.2, -0.15) is 13.2 Å². The number of halogens is 3. The van der Waals surface area contributed by atoms with Gasteiger partial charge in [0.2, 0.25) is 0 Å². The van der Waals surface area contributed by atoms with Crippen molar-refractivity contribution in [1.82, 2.24) is 15.0 Å². The molecule has 0 aromatic carbocycles. The molecule has 0 spiro atoms. The van der Waals surface area contributed by atoms with Crippen LogP contribution in [0.15, 0.2) is 36.9 Å². The second kappa shape index (κ2) is 5.31. The standard InChI is InChI=1S/C14H13F3N4/c15-14(16,17)10-3-4-13(20-8-10)21-7-1-2-12(21)11-9-18-5-6-19-11/h3-6,8-9,12H,1-2,7H2/t12-/m1/s1. The Bertz CT molecular complexity index is 598. The van der Waals surface area contributed by atoms with Crippen LogP contribution in [0, 0.1) is 0 Å². The SMILES string of the molecule is FC(F)(F)c1ccc(N2CCC[C@@H]2c2cnccn2)nc1. The third-order valence-corrected chi connectivity index (χ3v) is 3.55. The summed E-state index contributed by atoms with van der Waals surface area (Å²) >= 11 is 0. The molecule has 0 saturated carbocycles. The minimum atomic E-state index is -4.36. The van der Waals surface area contributed by atoms with Crippen molar-refractivity contribution >= 4 is 5.82 Å². The number of pyridine rings is 1. The van der Waals surface area contributed by atoms with E-state index in [4.69, 9.17) is 0 Å². The molecule has 0 radical (unpaired) electrons. The lowest BCUT2D eigenvalue weighted by molar-refractivity contribution is -0.137. The molecule has 1 fully saturated rings. The van der Waals surface area contributed by atoms with Gasteiger partial charge in [0.15, 0.2) is 0 Å². The first-order chi connectivity index (χ1) is 10.1. The van der Waals surface area contributed by atoms with Gasteiger partial charge in [0, 0.05) is 25.1 Å². The Hall–Kier alpha value is -2.18. The third kappa shape index (κ3) is 2.81. The minimum Gasteiger partial charge on any atom is -0.348 e. The quantitative estimate of drug-likeness (QED) is 0.852. The summed E-state index contributed by atoms with van der Waals surface area (Å²) in [7, 11) is 0. The molecule has 0 bridgehead atoms. The van der Waals surface area contributed by atoms with E-state index in [0.29, 0.717) is 5.82 Å². The first-order valence-corrected chi connectivity index (χ1v) is 6.61. The van der Waals surface area contributed by atoms with Crippen LogP contribution in [0.25, 0.3) is 0 Å². The Kier molecular flexibility index (Phi) is 3.48. The lowest BCUT2D eigenvalue weighted by Gasteiger charge is -2.25. The van der Waals surface area contributed by atoms with Gasteiger partial charge < -0.3 is 4.90 Å². The molecule has 0 amide bonds. The van der Waals surface area contributed by atoms with Crippen LogP contribution < -0.4 is 4.90 Å². The van der Waals surface area contributed by atoms with Crippen molar-refractivity contribution < 1.29 is 13.2 Å². The zero-order chi connectivity index (χ0) is 14.9. The van der Waals surface area contributed by atoms with Gasteiger partial charge in [-0.25, -0.2) is 4.98 Å². The highest BCUT2D eigenvalue weighted by molar-refractivity contribution is 5.43. The lowest BCUT2D eigenvalue weighted by Crippen LogP contribution is -2.24. The van der Waals surface area contributed by atoms with E-state index in [9.17, 15) is 13.2 Å². The van der Waals surface area contributed by atoms with Crippen molar-refractivity contribution in [3.8, 4) is 0 Å². The summed E-state index contributed by atoms with van der Waals surface area (Å²) in [5.41, 5.74) is 0.0817. The van der Waals surface area contributed by atoms with E-state index in [0.717, 1.165) is 37.3 Å². The molecule has 1 atom stereocenters. The van der Waals surface area contributed by atoms with Crippen LogP contribution >= 0.6 is 0 Å². The monoisotopic (exact) mass is 294 g/mol. The number of rotatable bonds is 2. The van der Waals surface area contributed by atoms with Crippen molar-refractivity contribution in [2.75, 3.05) is 11.4 Å². The predicted octanol–water partition coefficient (Wildman–Crippen LogP) is 3.23. The van der Waals surface area contributed by atoms with Gasteiger partial charge in [-0.3, -0.25) is 9.97 Å². The zero-order valence-electron chi connectivity index (χ0n) is 11.1. The largest absolute Gasteiger partial charge is 0.417 e. The molecule has 3 heterocycles. The van der Waals surface area contributed by atoms with Gasteiger partial charge in [-0.1, -0.05) is 0 Å². The van der Waals surface area contributed by atoms with E-state index in [2.05, 4.69) is 15.0 Å². The van der Waals surface area contributed by atoms with Crippen molar-refractivity contribution in [3.63, 3.8) is 0 Å². The Morgan fingerprint density at radius 3 is 2.57 bits per heavy atom. The smallest absolute Gasteiger partial charge is 0.348 e. The topological polar surface area (TPSA) is 41.9 Å². The predicted molar refractivity (Wildman–Crippen MR) is 70.6 cm³/mol. The summed E-state index contributed by atoms with van der Waals surface area (Å²) in [5.74, 6) is 0.538. The average Bonchev–Trinajstić information content (AvgIpc) is 2.97. The van der Waals surface area contributed by atoms with Crippen molar-refractivity contribution in [2.45, 2.75) is 25.1 Å². The highest BCUT2D eigenvalue weighted by Gasteiger charge is 2.32. The van der Waals surface area contributed by atoms with Gasteiger partial charge >= 0.3 is 6.18 Å². The third-order valence-electron chi connectivity index (χ3n) is 3.55. The van der Waals surface area contributed by atoms with E-state index in [1.54, 1.807) is 18.6 Å². The number of nitrogens with zero attached hydrogens (tertiary/aromatic N) is 4. The first-order valence-electron chi connectivity index (χ1n) is 6.61. The van der Waals surface area contributed by atoms with Crippen LogP contribution in [0.4, 0.5) is 19.0 Å². The van der Waals surface area contributed by atoms with Crippen LogP contribution in [-0.2, 0) is 6.18 Å². The molecule has 2 aromatic heterocycles. The summed E-state index contributed by atoms with van der Waals surface area (Å²) < 4.78 is 37.7. The fourth-order valence-electron chi connectivity index (χ4n) is 2.55. The molecular formula is C14H13F3N4. The maximum absolute atomic E-state index is 12.6. The van der Waals surface area contributed by atoms with E-state index >= 15 is 0 Å². The summed E-state index contributed by atoms with van der Waals surface area (Å²) in [5, 5.41) is 0. The molecule has 4 nitrogen and oxygen atoms in total. The van der Waals surface area contributed by atoms with E-state index in [-0.39, 0.29) is 6.04 Å². The van der Waals surface area contributed by atoms with Gasteiger partial charge in [0.25, 0.3) is 0 Å². The molecular weight excluding hydrogens is 281 g/mol. The molecule has 2 aromatic rings. The molecule has 3 rings (SSSR count). The van der Waals surface area contributed by atoms with Gasteiger partial charge in [0.1, 0.15) is 5.82 Å². The molecule has 21 heavy (non-hydrogen) atoms. The summed E-state index contributed by atoms with van der Waals surface area (Å²) in [6.45, 7) is 0.750. The molecule has 0 N–H and O–H groups in total. The lowest BCUT2D eigenvalue weighted by atomic mass is 10.1. The first kappa shape index (κ1) is 13.8. The maximum Gasteiger partial charge on any atom is 0.417 e. The Morgan fingerprint density at radius 1 is 1.10 bits per heavy atom. The fraction of sp³-hybridized carbons (Fsp3) is 0.357. The maximum atomic E-state index is 12.6.